The molecule has 8 heteroatoms. The van der Waals surface area contributed by atoms with Gasteiger partial charge in [-0.25, -0.2) is 0 Å². The average molecular weight is 953 g/mol. The SMILES string of the molecule is N=C1C=CC=C/C1=N/Nc1ccc(-c2ccc(N(c3ccccc3)c3ccc(-c4ccc(-c5ccc(N(c6ccccc6)c6ccc(-c7ccc(-n8nc9ccccc9n8)cc7)cc6)cc5)cc4)cc3)cc2)cc1. The molecule has 12 rings (SSSR count). The molecule has 0 unspecified atom stereocenters. The number of allylic oxidation sites excluding steroid dienone is 4. The van der Waals surface area contributed by atoms with Gasteiger partial charge in [0.15, 0.2) is 0 Å². The Morgan fingerprint density at radius 1 is 0.338 bits per heavy atom. The maximum atomic E-state index is 8.06. The highest BCUT2D eigenvalue weighted by Gasteiger charge is 2.16. The Morgan fingerprint density at radius 3 is 1.03 bits per heavy atom. The number of para-hydroxylation sites is 2. The highest BCUT2D eigenvalue weighted by molar-refractivity contribution is 6.50. The van der Waals surface area contributed by atoms with E-state index in [1.165, 1.54) is 0 Å². The Morgan fingerprint density at radius 2 is 0.649 bits per heavy atom. The van der Waals surface area contributed by atoms with Gasteiger partial charge in [-0.1, -0.05) is 158 Å². The number of anilines is 7. The summed E-state index contributed by atoms with van der Waals surface area (Å²) in [6.45, 7) is 0. The van der Waals surface area contributed by atoms with Crippen LogP contribution in [0.25, 0.3) is 61.2 Å². The van der Waals surface area contributed by atoms with E-state index in [0.717, 1.165) is 101 Å². The minimum atomic E-state index is 0.382. The predicted octanol–water partition coefficient (Wildman–Crippen LogP) is 16.9. The predicted molar refractivity (Wildman–Crippen MR) is 307 cm³/mol. The van der Waals surface area contributed by atoms with E-state index >= 15 is 0 Å². The third kappa shape index (κ3) is 9.54. The van der Waals surface area contributed by atoms with Gasteiger partial charge in [0.2, 0.25) is 0 Å². The lowest BCUT2D eigenvalue weighted by atomic mass is 9.99. The molecule has 0 bridgehead atoms. The minimum absolute atomic E-state index is 0.382. The van der Waals surface area contributed by atoms with Crippen molar-refractivity contribution >= 4 is 62.3 Å². The lowest BCUT2D eigenvalue weighted by molar-refractivity contribution is 0.766. The first kappa shape index (κ1) is 45.0. The summed E-state index contributed by atoms with van der Waals surface area (Å²) in [7, 11) is 0. The largest absolute Gasteiger partial charge is 0.311 e. The number of nitrogens with one attached hydrogen (secondary N) is 2. The van der Waals surface area contributed by atoms with Crippen LogP contribution in [0, 0.1) is 5.41 Å². The highest BCUT2D eigenvalue weighted by Crippen LogP contribution is 2.39. The van der Waals surface area contributed by atoms with Gasteiger partial charge in [0, 0.05) is 34.1 Å². The fourth-order valence-corrected chi connectivity index (χ4v) is 9.31. The van der Waals surface area contributed by atoms with Crippen molar-refractivity contribution in [3.05, 3.63) is 279 Å². The molecule has 0 saturated carbocycles. The number of rotatable bonds is 13. The summed E-state index contributed by atoms with van der Waals surface area (Å²) in [5.41, 5.74) is 23.1. The summed E-state index contributed by atoms with van der Waals surface area (Å²) in [6, 6.07) is 89.4. The molecule has 74 heavy (non-hydrogen) atoms. The number of aromatic nitrogens is 3. The van der Waals surface area contributed by atoms with E-state index in [-0.39, 0.29) is 0 Å². The summed E-state index contributed by atoms with van der Waals surface area (Å²) in [6.07, 6.45) is 7.27. The molecule has 0 spiro atoms. The Balaban J connectivity index is 0.733. The van der Waals surface area contributed by atoms with E-state index in [1.807, 2.05) is 60.7 Å². The van der Waals surface area contributed by atoms with Crippen molar-refractivity contribution in [1.29, 1.82) is 5.41 Å². The number of fused-ring (bicyclic) bond motifs is 1. The smallest absolute Gasteiger partial charge is 0.113 e. The third-order valence-corrected chi connectivity index (χ3v) is 13.2. The van der Waals surface area contributed by atoms with Gasteiger partial charge in [-0.3, -0.25) is 10.8 Å². The minimum Gasteiger partial charge on any atom is -0.311 e. The van der Waals surface area contributed by atoms with Crippen molar-refractivity contribution in [1.82, 2.24) is 15.0 Å². The summed E-state index contributed by atoms with van der Waals surface area (Å²) < 4.78 is 0. The summed E-state index contributed by atoms with van der Waals surface area (Å²) in [5, 5.41) is 21.7. The monoisotopic (exact) mass is 952 g/mol. The van der Waals surface area contributed by atoms with Crippen molar-refractivity contribution in [2.24, 2.45) is 5.10 Å². The highest BCUT2D eigenvalue weighted by atomic mass is 15.5. The molecule has 10 aromatic carbocycles. The second kappa shape index (κ2) is 20.3. The first-order chi connectivity index (χ1) is 36.6. The van der Waals surface area contributed by atoms with Crippen molar-refractivity contribution in [2.45, 2.75) is 0 Å². The van der Waals surface area contributed by atoms with Gasteiger partial charge in [-0.2, -0.15) is 9.90 Å². The molecule has 11 aromatic rings. The van der Waals surface area contributed by atoms with Crippen molar-refractivity contribution in [3.63, 3.8) is 0 Å². The first-order valence-electron chi connectivity index (χ1n) is 24.6. The van der Waals surface area contributed by atoms with Crippen molar-refractivity contribution in [3.8, 4) is 50.2 Å². The van der Waals surface area contributed by atoms with Gasteiger partial charge in [0.25, 0.3) is 0 Å². The molecule has 0 fully saturated rings. The lowest BCUT2D eigenvalue weighted by Gasteiger charge is -2.26. The molecule has 1 heterocycles. The molecule has 352 valence electrons. The molecule has 1 aliphatic rings. The van der Waals surface area contributed by atoms with Crippen LogP contribution in [0.3, 0.4) is 0 Å². The van der Waals surface area contributed by atoms with Gasteiger partial charge in [0.05, 0.1) is 17.1 Å². The number of nitrogens with zero attached hydrogens (tertiary/aromatic N) is 6. The molecule has 2 N–H and O–H groups in total. The average Bonchev–Trinajstić information content (AvgIpc) is 3.92. The molecule has 1 aliphatic carbocycles. The number of hydrogen-bond acceptors (Lipinski definition) is 7. The van der Waals surface area contributed by atoms with Gasteiger partial charge in [-0.05, 0) is 166 Å². The molecule has 0 saturated heterocycles. The van der Waals surface area contributed by atoms with Gasteiger partial charge >= 0.3 is 0 Å². The van der Waals surface area contributed by atoms with Crippen LogP contribution < -0.4 is 15.2 Å². The maximum Gasteiger partial charge on any atom is 0.113 e. The topological polar surface area (TPSA) is 85.4 Å². The lowest BCUT2D eigenvalue weighted by Crippen LogP contribution is -2.11. The van der Waals surface area contributed by atoms with Crippen LogP contribution in [0.2, 0.25) is 0 Å². The molecule has 0 atom stereocenters. The second-order valence-corrected chi connectivity index (χ2v) is 17.9. The van der Waals surface area contributed by atoms with E-state index in [9.17, 15) is 0 Å². The fourth-order valence-electron chi connectivity index (χ4n) is 9.31. The molecule has 8 nitrogen and oxygen atoms in total. The fraction of sp³-hybridized carbons (Fsp3) is 0. The quantitative estimate of drug-likeness (QED) is 0.0888. The zero-order valence-electron chi connectivity index (χ0n) is 40.2. The van der Waals surface area contributed by atoms with Crippen molar-refractivity contribution in [2.75, 3.05) is 15.2 Å². The summed E-state index contributed by atoms with van der Waals surface area (Å²) in [4.78, 5) is 6.28. The molecule has 0 aliphatic heterocycles. The number of hydrogen-bond donors (Lipinski definition) is 2. The summed E-state index contributed by atoms with van der Waals surface area (Å²) >= 11 is 0. The van der Waals surface area contributed by atoms with E-state index in [1.54, 1.807) is 10.9 Å². The zero-order valence-corrected chi connectivity index (χ0v) is 40.2. The number of benzene rings is 10. The van der Waals surface area contributed by atoms with E-state index in [4.69, 9.17) is 5.41 Å². The Bertz CT molecular complexity index is 3770. The number of hydrazone groups is 1. The molecule has 0 amide bonds. The van der Waals surface area contributed by atoms with Crippen LogP contribution >= 0.6 is 0 Å². The van der Waals surface area contributed by atoms with Crippen LogP contribution in [-0.4, -0.2) is 26.4 Å². The summed E-state index contributed by atoms with van der Waals surface area (Å²) in [5.74, 6) is 0. The van der Waals surface area contributed by atoms with Crippen molar-refractivity contribution < 1.29 is 0 Å². The second-order valence-electron chi connectivity index (χ2n) is 17.9. The van der Waals surface area contributed by atoms with E-state index in [2.05, 4.69) is 243 Å². The van der Waals surface area contributed by atoms with Crippen LogP contribution in [-0.2, 0) is 0 Å². The van der Waals surface area contributed by atoms with E-state index in [0.29, 0.717) is 11.4 Å². The van der Waals surface area contributed by atoms with Gasteiger partial charge in [-0.15, -0.1) is 10.2 Å². The van der Waals surface area contributed by atoms with Crippen LogP contribution in [0.5, 0.6) is 0 Å². The molecular formula is C66H48N8. The standard InChI is InChI=1S/C66H48N8/c67-63-15-7-8-16-64(63)69-68-55-35-23-49(24-36-55)52-29-41-60(42-30-52)72(56-11-3-1-4-12-56)58-37-25-50(26-38-58)47-19-21-48(22-20-47)51-27-39-59(40-28-51)73(57-13-5-2-6-14-57)61-43-31-53(32-44-61)54-33-45-62(46-34-54)74-70-65-17-9-10-18-66(65)71-74/h1-46,67-68H/b67-63?,69-64-. The molecule has 1 aromatic heterocycles. The Labute approximate surface area is 430 Å². The van der Waals surface area contributed by atoms with Crippen LogP contribution in [0.1, 0.15) is 0 Å². The first-order valence-corrected chi connectivity index (χ1v) is 24.6. The molecular weight excluding hydrogens is 905 g/mol. The Hall–Kier alpha value is -10.2. The van der Waals surface area contributed by atoms with Crippen LogP contribution in [0.4, 0.5) is 39.8 Å². The normalized spacial score (nSPS) is 12.5. The zero-order chi connectivity index (χ0) is 49.6. The van der Waals surface area contributed by atoms with Crippen LogP contribution in [0.15, 0.2) is 284 Å². The maximum absolute atomic E-state index is 8.06. The van der Waals surface area contributed by atoms with Gasteiger partial charge in [0.1, 0.15) is 16.7 Å². The Kier molecular flexibility index (Phi) is 12.3. The van der Waals surface area contributed by atoms with E-state index < -0.39 is 0 Å². The third-order valence-electron chi connectivity index (χ3n) is 13.2. The van der Waals surface area contributed by atoms with Gasteiger partial charge < -0.3 is 9.80 Å². The molecule has 0 radical (unpaired) electrons.